The largest absolute Gasteiger partial charge is 0.309 e. The van der Waals surface area contributed by atoms with Crippen LogP contribution in [0.4, 0.5) is 0 Å². The number of hydrogen-bond acceptors (Lipinski definition) is 0. The van der Waals surface area contributed by atoms with Crippen LogP contribution in [0.25, 0.3) is 88.4 Å². The third kappa shape index (κ3) is 5.01. The lowest BCUT2D eigenvalue weighted by Gasteiger charge is -2.34. The van der Waals surface area contributed by atoms with E-state index < -0.39 is 13.5 Å². The van der Waals surface area contributed by atoms with E-state index >= 15 is 0 Å². The molecule has 0 bridgehead atoms. The maximum absolute atomic E-state index is 2.55. The fraction of sp³-hybridized carbons (Fsp3) is 0.0476. The molecule has 0 N–H and O–H groups in total. The van der Waals surface area contributed by atoms with Gasteiger partial charge in [0.15, 0.2) is 0 Å². The Bertz CT molecular complexity index is 3950. The highest BCUT2D eigenvalue weighted by Crippen LogP contribution is 2.58. The van der Waals surface area contributed by atoms with Crippen molar-refractivity contribution >= 4 is 62.1 Å². The van der Waals surface area contributed by atoms with Crippen LogP contribution in [-0.2, 0) is 5.41 Å². The molecule has 0 fully saturated rings. The van der Waals surface area contributed by atoms with Gasteiger partial charge in [0, 0.05) is 32.9 Å². The highest BCUT2D eigenvalue weighted by molar-refractivity contribution is 7.04. The zero-order chi connectivity index (χ0) is 43.7. The van der Waals surface area contributed by atoms with Gasteiger partial charge in [0.05, 0.1) is 27.5 Å². The average molecular weight is 857 g/mol. The van der Waals surface area contributed by atoms with E-state index in [9.17, 15) is 0 Å². The van der Waals surface area contributed by atoms with E-state index in [2.05, 4.69) is 253 Å². The zero-order valence-electron chi connectivity index (χ0n) is 36.8. The summed E-state index contributed by atoms with van der Waals surface area (Å²) >= 11 is 0. The van der Waals surface area contributed by atoms with Gasteiger partial charge in [0.25, 0.3) is 0 Å². The first-order valence-corrected chi connectivity index (χ1v) is 26.2. The van der Waals surface area contributed by atoms with Gasteiger partial charge in [-0.05, 0) is 127 Å². The molecule has 0 spiro atoms. The molecule has 2 nitrogen and oxygen atoms in total. The molecular weight excluding hydrogens is 813 g/mol. The summed E-state index contributed by atoms with van der Waals surface area (Å²) in [5.41, 5.74) is 19.6. The lowest BCUT2D eigenvalue weighted by molar-refractivity contribution is 0.770. The van der Waals surface area contributed by atoms with Crippen molar-refractivity contribution in [3.8, 4) is 44.8 Å². The minimum absolute atomic E-state index is 0.566. The first-order valence-electron chi connectivity index (χ1n) is 23.2. The standard InChI is InChI=1S/C63H44N2Si/c1-66(2)61-32-17-14-29-50(61)54-39-60-53(40-62(54)66)49-34-33-42(36-58(49)65(60)46-25-10-5-11-26-46)41-19-18-22-44(35-41)63(43-20-6-3-7-21-43)55-30-15-12-27-47(55)51-38-59-52(37-56(51)63)48-28-13-16-31-57(48)64(59)45-23-8-4-9-24-45/h3-40H,1-2H3. The summed E-state index contributed by atoms with van der Waals surface area (Å²) in [6, 6.07) is 86.7. The lowest BCUT2D eigenvalue weighted by atomic mass is 9.67. The van der Waals surface area contributed by atoms with Gasteiger partial charge in [0.2, 0.25) is 0 Å². The molecule has 0 amide bonds. The van der Waals surface area contributed by atoms with Crippen LogP contribution in [0.3, 0.4) is 0 Å². The van der Waals surface area contributed by atoms with Crippen LogP contribution in [-0.4, -0.2) is 17.2 Å². The number of rotatable bonds is 5. The SMILES string of the molecule is C[Si]1(C)c2ccccc2-c2cc3c(cc21)c1ccc(-c2cccc(C4(c5ccccc5)c5ccccc5-c5cc6c(cc54)c4ccccc4n6-c4ccccc4)c2)cc1n3-c1ccccc1. The second-order valence-corrected chi connectivity index (χ2v) is 23.2. The molecule has 0 saturated carbocycles. The van der Waals surface area contributed by atoms with E-state index in [4.69, 9.17) is 0 Å². The van der Waals surface area contributed by atoms with Gasteiger partial charge in [0.1, 0.15) is 8.07 Å². The predicted octanol–water partition coefficient (Wildman–Crippen LogP) is 14.7. The average Bonchev–Trinajstić information content (AvgIpc) is 4.05. The molecule has 2 aliphatic rings. The second-order valence-electron chi connectivity index (χ2n) is 18.8. The monoisotopic (exact) mass is 856 g/mol. The van der Waals surface area contributed by atoms with Crippen LogP contribution < -0.4 is 10.4 Å². The Hall–Kier alpha value is -7.98. The summed E-state index contributed by atoms with van der Waals surface area (Å²) in [5.74, 6) is 0. The number of nitrogens with zero attached hydrogens (tertiary/aromatic N) is 2. The molecule has 3 heterocycles. The summed E-state index contributed by atoms with van der Waals surface area (Å²) in [7, 11) is -1.88. The van der Waals surface area contributed by atoms with Crippen LogP contribution >= 0.6 is 0 Å². The molecule has 12 aromatic rings. The first kappa shape index (κ1) is 37.4. The summed E-state index contributed by atoms with van der Waals surface area (Å²) < 4.78 is 4.94. The van der Waals surface area contributed by atoms with E-state index in [1.54, 1.807) is 0 Å². The topological polar surface area (TPSA) is 9.86 Å². The zero-order valence-corrected chi connectivity index (χ0v) is 37.8. The molecular formula is C63H44N2Si. The number of para-hydroxylation sites is 3. The van der Waals surface area contributed by atoms with Crippen molar-refractivity contribution in [2.75, 3.05) is 0 Å². The normalized spacial score (nSPS) is 15.6. The third-order valence-electron chi connectivity index (χ3n) is 15.2. The Morgan fingerprint density at radius 3 is 1.65 bits per heavy atom. The Morgan fingerprint density at radius 1 is 0.318 bits per heavy atom. The highest BCUT2D eigenvalue weighted by atomic mass is 28.3. The molecule has 1 unspecified atom stereocenters. The third-order valence-corrected chi connectivity index (χ3v) is 18.7. The Morgan fingerprint density at radius 2 is 0.879 bits per heavy atom. The summed E-state index contributed by atoms with van der Waals surface area (Å²) in [5, 5.41) is 8.20. The predicted molar refractivity (Wildman–Crippen MR) is 280 cm³/mol. The maximum atomic E-state index is 2.55. The van der Waals surface area contributed by atoms with Crippen molar-refractivity contribution in [3.63, 3.8) is 0 Å². The molecule has 10 aromatic carbocycles. The van der Waals surface area contributed by atoms with Crippen molar-refractivity contribution in [3.05, 3.63) is 253 Å². The van der Waals surface area contributed by atoms with Crippen molar-refractivity contribution < 1.29 is 0 Å². The van der Waals surface area contributed by atoms with Crippen molar-refractivity contribution in [1.29, 1.82) is 0 Å². The fourth-order valence-electron chi connectivity index (χ4n) is 12.2. The van der Waals surface area contributed by atoms with Gasteiger partial charge >= 0.3 is 0 Å². The van der Waals surface area contributed by atoms with E-state index in [1.165, 1.54) is 121 Å². The van der Waals surface area contributed by atoms with Crippen LogP contribution in [0.1, 0.15) is 22.3 Å². The van der Waals surface area contributed by atoms with Gasteiger partial charge < -0.3 is 9.13 Å². The molecule has 66 heavy (non-hydrogen) atoms. The summed E-state index contributed by atoms with van der Waals surface area (Å²) in [6.45, 7) is 5.03. The number of benzene rings is 10. The second kappa shape index (κ2) is 13.8. The van der Waals surface area contributed by atoms with Gasteiger partial charge in [-0.15, -0.1) is 0 Å². The molecule has 2 aromatic heterocycles. The summed E-state index contributed by atoms with van der Waals surface area (Å²) in [4.78, 5) is 0. The molecule has 1 aliphatic heterocycles. The quantitative estimate of drug-likeness (QED) is 0.153. The fourth-order valence-corrected chi connectivity index (χ4v) is 15.3. The number of fused-ring (bicyclic) bond motifs is 12. The smallest absolute Gasteiger partial charge is 0.113 e. The number of hydrogen-bond donors (Lipinski definition) is 0. The highest BCUT2D eigenvalue weighted by Gasteiger charge is 2.47. The van der Waals surface area contributed by atoms with Gasteiger partial charge in [-0.1, -0.05) is 183 Å². The molecule has 0 saturated heterocycles. The first-order chi connectivity index (χ1) is 32.5. The van der Waals surface area contributed by atoms with Gasteiger partial charge in [-0.3, -0.25) is 0 Å². The molecule has 1 atom stereocenters. The number of aromatic nitrogens is 2. The summed E-state index contributed by atoms with van der Waals surface area (Å²) in [6.07, 6.45) is 0. The van der Waals surface area contributed by atoms with Gasteiger partial charge in [-0.2, -0.15) is 0 Å². The van der Waals surface area contributed by atoms with Crippen LogP contribution in [0.15, 0.2) is 231 Å². The molecule has 14 rings (SSSR count). The van der Waals surface area contributed by atoms with Crippen molar-refractivity contribution in [2.45, 2.75) is 18.5 Å². The maximum Gasteiger partial charge on any atom is 0.113 e. The molecule has 310 valence electrons. The minimum atomic E-state index is -1.88. The Balaban J connectivity index is 1.01. The van der Waals surface area contributed by atoms with Crippen LogP contribution in [0, 0.1) is 0 Å². The van der Waals surface area contributed by atoms with E-state index in [0.29, 0.717) is 0 Å². The van der Waals surface area contributed by atoms with E-state index in [0.717, 1.165) is 0 Å². The van der Waals surface area contributed by atoms with Crippen molar-refractivity contribution in [1.82, 2.24) is 9.13 Å². The Labute approximate surface area is 385 Å². The molecule has 1 aliphatic carbocycles. The van der Waals surface area contributed by atoms with Crippen LogP contribution in [0.5, 0.6) is 0 Å². The van der Waals surface area contributed by atoms with Crippen molar-refractivity contribution in [2.24, 2.45) is 0 Å². The Kier molecular flexibility index (Phi) is 7.80. The molecule has 3 heteroatoms. The molecule has 0 radical (unpaired) electrons. The van der Waals surface area contributed by atoms with E-state index in [-0.39, 0.29) is 0 Å². The lowest BCUT2D eigenvalue weighted by Crippen LogP contribution is -2.49. The van der Waals surface area contributed by atoms with Gasteiger partial charge in [-0.25, -0.2) is 0 Å². The van der Waals surface area contributed by atoms with Crippen LogP contribution in [0.2, 0.25) is 13.1 Å². The minimum Gasteiger partial charge on any atom is -0.309 e. The van der Waals surface area contributed by atoms with E-state index in [1.807, 2.05) is 0 Å².